The van der Waals surface area contributed by atoms with Crippen molar-refractivity contribution in [2.24, 2.45) is 5.73 Å². The van der Waals surface area contributed by atoms with Gasteiger partial charge in [0.1, 0.15) is 11.9 Å². The average Bonchev–Trinajstić information content (AvgIpc) is 2.55. The van der Waals surface area contributed by atoms with Gasteiger partial charge in [0.2, 0.25) is 0 Å². The molecule has 4 nitrogen and oxygen atoms in total. The third kappa shape index (κ3) is 1.47. The monoisotopic (exact) mass is 200 g/mol. The highest BCUT2D eigenvalue weighted by Crippen LogP contribution is 2.20. The SMILES string of the molecule is CC(C)(N)c1nc(C#N)c2ccccn12. The van der Waals surface area contributed by atoms with Crippen molar-refractivity contribution < 1.29 is 0 Å². The van der Waals surface area contributed by atoms with Gasteiger partial charge in [-0.1, -0.05) is 6.07 Å². The minimum Gasteiger partial charge on any atom is -0.319 e. The largest absolute Gasteiger partial charge is 0.319 e. The van der Waals surface area contributed by atoms with E-state index < -0.39 is 5.54 Å². The Morgan fingerprint density at radius 2 is 2.20 bits per heavy atom. The fourth-order valence-corrected chi connectivity index (χ4v) is 1.57. The summed E-state index contributed by atoms with van der Waals surface area (Å²) in [6, 6.07) is 7.71. The van der Waals surface area contributed by atoms with Gasteiger partial charge in [-0.3, -0.25) is 0 Å². The summed E-state index contributed by atoms with van der Waals surface area (Å²) in [6.07, 6.45) is 1.87. The quantitative estimate of drug-likeness (QED) is 0.756. The first-order valence-electron chi connectivity index (χ1n) is 4.70. The molecule has 0 unspecified atom stereocenters. The van der Waals surface area contributed by atoms with Crippen LogP contribution < -0.4 is 5.73 Å². The first-order chi connectivity index (χ1) is 7.04. The average molecular weight is 200 g/mol. The van der Waals surface area contributed by atoms with Crippen LogP contribution >= 0.6 is 0 Å². The van der Waals surface area contributed by atoms with E-state index in [4.69, 9.17) is 11.0 Å². The zero-order valence-electron chi connectivity index (χ0n) is 8.73. The number of fused-ring (bicyclic) bond motifs is 1. The van der Waals surface area contributed by atoms with Gasteiger partial charge >= 0.3 is 0 Å². The summed E-state index contributed by atoms with van der Waals surface area (Å²) in [7, 11) is 0. The van der Waals surface area contributed by atoms with Gasteiger partial charge < -0.3 is 10.1 Å². The third-order valence-corrected chi connectivity index (χ3v) is 2.23. The molecule has 76 valence electrons. The van der Waals surface area contributed by atoms with Crippen molar-refractivity contribution >= 4 is 5.52 Å². The van der Waals surface area contributed by atoms with Crippen molar-refractivity contribution in [3.05, 3.63) is 35.9 Å². The van der Waals surface area contributed by atoms with Crippen LogP contribution in [0.1, 0.15) is 25.4 Å². The maximum Gasteiger partial charge on any atom is 0.166 e. The number of nitrogens with zero attached hydrogens (tertiary/aromatic N) is 3. The number of imidazole rings is 1. The van der Waals surface area contributed by atoms with E-state index in [1.54, 1.807) is 0 Å². The first kappa shape index (κ1) is 9.69. The molecule has 0 saturated heterocycles. The van der Waals surface area contributed by atoms with E-state index in [-0.39, 0.29) is 0 Å². The van der Waals surface area contributed by atoms with Gasteiger partial charge in [-0.2, -0.15) is 5.26 Å². The Morgan fingerprint density at radius 3 is 2.80 bits per heavy atom. The number of hydrogen-bond acceptors (Lipinski definition) is 3. The fourth-order valence-electron chi connectivity index (χ4n) is 1.57. The molecule has 0 radical (unpaired) electrons. The first-order valence-corrected chi connectivity index (χ1v) is 4.70. The standard InChI is InChI=1S/C11H12N4/c1-11(2,13)10-14-8(7-12)9-5-3-4-6-15(9)10/h3-6H,13H2,1-2H3. The normalized spacial score (nSPS) is 11.6. The molecule has 2 heterocycles. The Morgan fingerprint density at radius 1 is 1.47 bits per heavy atom. The third-order valence-electron chi connectivity index (χ3n) is 2.23. The van der Waals surface area contributed by atoms with Crippen LogP contribution in [-0.2, 0) is 5.54 Å². The fraction of sp³-hybridized carbons (Fsp3) is 0.273. The molecule has 15 heavy (non-hydrogen) atoms. The summed E-state index contributed by atoms with van der Waals surface area (Å²) in [6.45, 7) is 3.74. The van der Waals surface area contributed by atoms with E-state index in [9.17, 15) is 0 Å². The molecule has 0 atom stereocenters. The molecule has 0 aliphatic heterocycles. The Kier molecular flexibility index (Phi) is 1.98. The number of nitrogens with two attached hydrogens (primary N) is 1. The molecule has 0 bridgehead atoms. The second kappa shape index (κ2) is 3.07. The lowest BCUT2D eigenvalue weighted by atomic mass is 10.1. The zero-order valence-corrected chi connectivity index (χ0v) is 8.73. The van der Waals surface area contributed by atoms with Gasteiger partial charge in [-0.15, -0.1) is 0 Å². The molecule has 2 aromatic rings. The van der Waals surface area contributed by atoms with Gasteiger partial charge in [0.25, 0.3) is 0 Å². The predicted molar refractivity (Wildman–Crippen MR) is 57.1 cm³/mol. The number of aromatic nitrogens is 2. The molecule has 0 amide bonds. The molecule has 0 aliphatic rings. The van der Waals surface area contributed by atoms with Gasteiger partial charge in [-0.05, 0) is 26.0 Å². The van der Waals surface area contributed by atoms with Gasteiger partial charge in [0.15, 0.2) is 5.69 Å². The summed E-state index contributed by atoms with van der Waals surface area (Å²) < 4.78 is 1.86. The van der Waals surface area contributed by atoms with Crippen LogP contribution in [0.2, 0.25) is 0 Å². The molecule has 0 spiro atoms. The summed E-state index contributed by atoms with van der Waals surface area (Å²) in [4.78, 5) is 4.26. The highest BCUT2D eigenvalue weighted by Gasteiger charge is 2.22. The molecule has 0 fully saturated rings. The minimum atomic E-state index is -0.556. The van der Waals surface area contributed by atoms with Crippen LogP contribution in [-0.4, -0.2) is 9.38 Å². The zero-order chi connectivity index (χ0) is 11.1. The number of rotatable bonds is 1. The Balaban J connectivity index is 2.84. The number of hydrogen-bond donors (Lipinski definition) is 1. The predicted octanol–water partition coefficient (Wildman–Crippen LogP) is 1.40. The van der Waals surface area contributed by atoms with Crippen LogP contribution in [0.4, 0.5) is 0 Å². The molecule has 0 aliphatic carbocycles. The Hall–Kier alpha value is -1.86. The second-order valence-corrected chi connectivity index (χ2v) is 4.07. The van der Waals surface area contributed by atoms with Gasteiger partial charge in [-0.25, -0.2) is 4.98 Å². The summed E-state index contributed by atoms with van der Waals surface area (Å²) in [5.74, 6) is 0.703. The highest BCUT2D eigenvalue weighted by molar-refractivity contribution is 5.59. The van der Waals surface area contributed by atoms with Gasteiger partial charge in [0, 0.05) is 6.20 Å². The lowest BCUT2D eigenvalue weighted by Gasteiger charge is -2.16. The Bertz CT molecular complexity index is 540. The van der Waals surface area contributed by atoms with E-state index in [1.165, 1.54) is 0 Å². The maximum atomic E-state index is 8.95. The Labute approximate surface area is 88.0 Å². The molecule has 2 rings (SSSR count). The smallest absolute Gasteiger partial charge is 0.166 e. The van der Waals surface area contributed by atoms with Crippen LogP contribution in [0.25, 0.3) is 5.52 Å². The summed E-state index contributed by atoms with van der Waals surface area (Å²) in [5.41, 5.74) is 6.66. The molecule has 4 heteroatoms. The van der Waals surface area contributed by atoms with Crippen LogP contribution in [0.15, 0.2) is 24.4 Å². The molecule has 0 saturated carbocycles. The number of nitriles is 1. The molecular weight excluding hydrogens is 188 g/mol. The van der Waals surface area contributed by atoms with Crippen molar-refractivity contribution in [1.82, 2.24) is 9.38 Å². The van der Waals surface area contributed by atoms with Crippen LogP contribution in [0, 0.1) is 11.3 Å². The summed E-state index contributed by atoms with van der Waals surface area (Å²) >= 11 is 0. The van der Waals surface area contributed by atoms with E-state index >= 15 is 0 Å². The van der Waals surface area contributed by atoms with Crippen molar-refractivity contribution in [3.63, 3.8) is 0 Å². The van der Waals surface area contributed by atoms with E-state index in [0.717, 1.165) is 5.52 Å². The molecule has 0 aromatic carbocycles. The second-order valence-electron chi connectivity index (χ2n) is 4.07. The van der Waals surface area contributed by atoms with Crippen molar-refractivity contribution in [3.8, 4) is 6.07 Å². The highest BCUT2D eigenvalue weighted by atomic mass is 15.1. The lowest BCUT2D eigenvalue weighted by Crippen LogP contribution is -2.31. The van der Waals surface area contributed by atoms with E-state index in [0.29, 0.717) is 11.5 Å². The van der Waals surface area contributed by atoms with Crippen LogP contribution in [0.3, 0.4) is 0 Å². The van der Waals surface area contributed by atoms with Crippen LogP contribution in [0.5, 0.6) is 0 Å². The summed E-state index contributed by atoms with van der Waals surface area (Å²) in [5, 5.41) is 8.95. The van der Waals surface area contributed by atoms with E-state index in [2.05, 4.69) is 11.1 Å². The van der Waals surface area contributed by atoms with Crippen molar-refractivity contribution in [1.29, 1.82) is 5.26 Å². The maximum absolute atomic E-state index is 8.95. The van der Waals surface area contributed by atoms with Crippen molar-refractivity contribution in [2.75, 3.05) is 0 Å². The molecule has 2 aromatic heterocycles. The van der Waals surface area contributed by atoms with Gasteiger partial charge in [0.05, 0.1) is 11.1 Å². The van der Waals surface area contributed by atoms with E-state index in [1.807, 2.05) is 42.6 Å². The number of pyridine rings is 1. The molecule has 2 N–H and O–H groups in total. The topological polar surface area (TPSA) is 67.1 Å². The lowest BCUT2D eigenvalue weighted by molar-refractivity contribution is 0.511. The van der Waals surface area contributed by atoms with Crippen molar-refractivity contribution in [2.45, 2.75) is 19.4 Å². The molecular formula is C11H12N4. The minimum absolute atomic E-state index is 0.420.